The number of anilines is 1. The molecule has 6 N–H and O–H groups in total. The number of nitrogens with one attached hydrogen (secondary N) is 6. The Bertz CT molecular complexity index is 1730. The predicted molar refractivity (Wildman–Crippen MR) is 178 cm³/mol. The van der Waals surface area contributed by atoms with Gasteiger partial charge < -0.3 is 26.2 Å². The zero-order chi connectivity index (χ0) is 36.0. The molecule has 4 fully saturated rings. The Hall–Kier alpha value is -4.29. The summed E-state index contributed by atoms with van der Waals surface area (Å²) in [5.41, 5.74) is -0.642. The molecule has 0 atom stereocenters. The SMILES string of the molecule is C#Cc1cccc(NC(=O)N2CCC3(CC2)NC(=O)N(CCNS(C)(=O)=O)C3=O)c1.CS(=O)(=O)NCCN1C(=O)NC2(CCNCC2)C1=O. The van der Waals surface area contributed by atoms with Crippen molar-refractivity contribution in [3.05, 3.63) is 29.8 Å². The molecule has 0 aromatic heterocycles. The molecule has 1 aromatic rings. The Morgan fingerprint density at radius 2 is 1.33 bits per heavy atom. The number of rotatable bonds is 9. The van der Waals surface area contributed by atoms with Crippen molar-refractivity contribution in [2.45, 2.75) is 36.8 Å². The molecule has 0 bridgehead atoms. The molecule has 5 rings (SSSR count). The van der Waals surface area contributed by atoms with E-state index in [0.717, 1.165) is 22.3 Å². The van der Waals surface area contributed by atoms with E-state index in [1.54, 1.807) is 29.2 Å². The van der Waals surface area contributed by atoms with Crippen molar-refractivity contribution < 1.29 is 40.8 Å². The normalized spacial score (nSPS) is 20.1. The molecule has 0 unspecified atom stereocenters. The summed E-state index contributed by atoms with van der Waals surface area (Å²) in [6.45, 7) is 1.89. The Labute approximate surface area is 285 Å². The highest BCUT2D eigenvalue weighted by Crippen LogP contribution is 2.30. The second-order valence-electron chi connectivity index (χ2n) is 12.2. The molecule has 0 aliphatic carbocycles. The number of likely N-dealkylation sites (tertiary alicyclic amines) is 1. The fourth-order valence-corrected chi connectivity index (χ4v) is 6.88. The molecule has 20 heteroatoms. The number of carbonyl (C=O) groups is 5. The standard InChI is InChI=1S/C19H23N5O5S.C10H18N4O4S/c1-3-14-5-4-6-15(13-14)21-17(26)23-10-7-19(8-11-23)16(25)24(18(27)22-19)12-9-20-30(2,28)29;1-19(17,18)12-6-7-14-8(15)10(13-9(14)16)2-4-11-5-3-10/h1,4-6,13,20H,7-12H2,2H3,(H,21,26)(H,22,27);11-12H,2-7H2,1H3,(H,13,16). The highest BCUT2D eigenvalue weighted by atomic mass is 32.2. The lowest BCUT2D eigenvalue weighted by Gasteiger charge is -2.37. The average molecular weight is 724 g/mol. The third-order valence-corrected chi connectivity index (χ3v) is 9.99. The van der Waals surface area contributed by atoms with Crippen LogP contribution < -0.4 is 30.7 Å². The van der Waals surface area contributed by atoms with Gasteiger partial charge in [-0.1, -0.05) is 12.0 Å². The molecule has 2 spiro atoms. The van der Waals surface area contributed by atoms with Crippen molar-refractivity contribution in [1.29, 1.82) is 0 Å². The van der Waals surface area contributed by atoms with Crippen molar-refractivity contribution in [1.82, 2.24) is 40.1 Å². The summed E-state index contributed by atoms with van der Waals surface area (Å²) in [6.07, 6.45) is 9.07. The Balaban J connectivity index is 0.000000244. The number of carbonyl (C=O) groups excluding carboxylic acids is 5. The van der Waals surface area contributed by atoms with Gasteiger partial charge in [-0.15, -0.1) is 6.42 Å². The number of imide groups is 2. The Morgan fingerprint density at radius 1 is 0.837 bits per heavy atom. The largest absolute Gasteiger partial charge is 0.325 e. The summed E-state index contributed by atoms with van der Waals surface area (Å²) >= 11 is 0. The summed E-state index contributed by atoms with van der Waals surface area (Å²) < 4.78 is 48.7. The van der Waals surface area contributed by atoms with Gasteiger partial charge in [-0.25, -0.2) is 40.7 Å². The van der Waals surface area contributed by atoms with Crippen LogP contribution in [-0.2, 0) is 29.6 Å². The summed E-state index contributed by atoms with van der Waals surface area (Å²) in [7, 11) is -6.73. The van der Waals surface area contributed by atoms with E-state index >= 15 is 0 Å². The van der Waals surface area contributed by atoms with E-state index in [2.05, 4.69) is 36.6 Å². The van der Waals surface area contributed by atoms with E-state index in [1.165, 1.54) is 0 Å². The van der Waals surface area contributed by atoms with Crippen LogP contribution in [0, 0.1) is 12.3 Å². The van der Waals surface area contributed by atoms with Gasteiger partial charge >= 0.3 is 18.1 Å². The monoisotopic (exact) mass is 723 g/mol. The van der Waals surface area contributed by atoms with Gasteiger partial charge in [0.2, 0.25) is 20.0 Å². The maximum absolute atomic E-state index is 12.8. The van der Waals surface area contributed by atoms with Crippen molar-refractivity contribution in [2.24, 2.45) is 0 Å². The van der Waals surface area contributed by atoms with Crippen LogP contribution in [0.3, 0.4) is 0 Å². The van der Waals surface area contributed by atoms with Crippen LogP contribution in [0.4, 0.5) is 20.1 Å². The quantitative estimate of drug-likeness (QED) is 0.125. The lowest BCUT2D eigenvalue weighted by atomic mass is 9.87. The summed E-state index contributed by atoms with van der Waals surface area (Å²) in [5.74, 6) is 1.85. The third kappa shape index (κ3) is 9.45. The summed E-state index contributed by atoms with van der Waals surface area (Å²) in [4.78, 5) is 65.3. The highest BCUT2D eigenvalue weighted by molar-refractivity contribution is 7.89. The Morgan fingerprint density at radius 3 is 1.80 bits per heavy atom. The molecule has 4 aliphatic heterocycles. The van der Waals surface area contributed by atoms with Crippen LogP contribution in [0.1, 0.15) is 31.2 Å². The molecular formula is C29H41N9O9S2. The van der Waals surface area contributed by atoms with Gasteiger partial charge in [-0.3, -0.25) is 19.4 Å². The van der Waals surface area contributed by atoms with Crippen molar-refractivity contribution in [3.63, 3.8) is 0 Å². The molecule has 268 valence electrons. The van der Waals surface area contributed by atoms with Gasteiger partial charge in [0.15, 0.2) is 0 Å². The molecule has 4 heterocycles. The number of piperidine rings is 2. The number of benzene rings is 1. The lowest BCUT2D eigenvalue weighted by Crippen LogP contribution is -2.56. The van der Waals surface area contributed by atoms with Gasteiger partial charge in [-0.05, 0) is 57.0 Å². The molecule has 0 saturated carbocycles. The second-order valence-corrected chi connectivity index (χ2v) is 15.8. The predicted octanol–water partition coefficient (Wildman–Crippen LogP) is -1.65. The summed E-state index contributed by atoms with van der Waals surface area (Å²) in [6, 6.07) is 5.60. The van der Waals surface area contributed by atoms with E-state index in [1.807, 2.05) is 0 Å². The van der Waals surface area contributed by atoms with E-state index in [-0.39, 0.29) is 64.0 Å². The molecular weight excluding hydrogens is 683 g/mol. The van der Waals surface area contributed by atoms with Gasteiger partial charge in [0.05, 0.1) is 12.5 Å². The highest BCUT2D eigenvalue weighted by Gasteiger charge is 2.53. The van der Waals surface area contributed by atoms with Crippen molar-refractivity contribution in [3.8, 4) is 12.3 Å². The van der Waals surface area contributed by atoms with Gasteiger partial charge in [0.1, 0.15) is 11.1 Å². The molecule has 18 nitrogen and oxygen atoms in total. The van der Waals surface area contributed by atoms with Crippen LogP contribution in [-0.4, -0.2) is 137 Å². The first kappa shape index (κ1) is 37.5. The molecule has 1 aromatic carbocycles. The second kappa shape index (κ2) is 15.1. The average Bonchev–Trinajstić information content (AvgIpc) is 3.39. The van der Waals surface area contributed by atoms with E-state index < -0.39 is 49.1 Å². The van der Waals surface area contributed by atoms with Crippen LogP contribution in [0.2, 0.25) is 0 Å². The first-order valence-corrected chi connectivity index (χ1v) is 19.3. The molecule has 0 radical (unpaired) electrons. The van der Waals surface area contributed by atoms with Crippen LogP contribution in [0.15, 0.2) is 24.3 Å². The number of hydrogen-bond acceptors (Lipinski definition) is 10. The number of nitrogens with zero attached hydrogens (tertiary/aromatic N) is 3. The molecule has 4 aliphatic rings. The number of terminal acetylenes is 1. The number of amides is 8. The fraction of sp³-hybridized carbons (Fsp3) is 0.552. The minimum absolute atomic E-state index is 0.0341. The van der Waals surface area contributed by atoms with Crippen LogP contribution in [0.5, 0.6) is 0 Å². The van der Waals surface area contributed by atoms with E-state index in [9.17, 15) is 40.8 Å². The minimum Gasteiger partial charge on any atom is -0.324 e. The van der Waals surface area contributed by atoms with Gasteiger partial charge in [-0.2, -0.15) is 0 Å². The maximum atomic E-state index is 12.8. The van der Waals surface area contributed by atoms with E-state index in [4.69, 9.17) is 6.42 Å². The number of sulfonamides is 2. The topological polar surface area (TPSA) is 236 Å². The van der Waals surface area contributed by atoms with Crippen LogP contribution in [0.25, 0.3) is 0 Å². The van der Waals surface area contributed by atoms with Gasteiger partial charge in [0.25, 0.3) is 11.8 Å². The lowest BCUT2D eigenvalue weighted by molar-refractivity contribution is -0.133. The maximum Gasteiger partial charge on any atom is 0.325 e. The first-order chi connectivity index (χ1) is 23.0. The first-order valence-electron chi connectivity index (χ1n) is 15.5. The summed E-state index contributed by atoms with van der Waals surface area (Å²) in [5, 5.41) is 11.4. The fourth-order valence-electron chi connectivity index (χ4n) is 5.96. The van der Waals surface area contributed by atoms with E-state index in [0.29, 0.717) is 37.2 Å². The third-order valence-electron chi connectivity index (χ3n) is 8.53. The Kier molecular flexibility index (Phi) is 11.6. The van der Waals surface area contributed by atoms with Crippen molar-refractivity contribution >= 4 is 55.6 Å². The minimum atomic E-state index is -3.41. The molecule has 49 heavy (non-hydrogen) atoms. The zero-order valence-corrected chi connectivity index (χ0v) is 28.8. The zero-order valence-electron chi connectivity index (χ0n) is 27.2. The van der Waals surface area contributed by atoms with Gasteiger partial charge in [0, 0.05) is 50.5 Å². The molecule has 8 amide bonds. The molecule has 4 saturated heterocycles. The number of urea groups is 3. The number of hydrogen-bond donors (Lipinski definition) is 6. The van der Waals surface area contributed by atoms with Crippen molar-refractivity contribution in [2.75, 3.05) is 70.2 Å². The smallest absolute Gasteiger partial charge is 0.324 e. The van der Waals surface area contributed by atoms with Crippen LogP contribution >= 0.6 is 0 Å².